The number of aryl methyl sites for hydroxylation is 1. The summed E-state index contributed by atoms with van der Waals surface area (Å²) in [5.41, 5.74) is 1.36. The third-order valence-electron chi connectivity index (χ3n) is 1.01. The molecule has 0 unspecified atom stereocenters. The Morgan fingerprint density at radius 1 is 1.62 bits per heavy atom. The maximum Gasteiger partial charge on any atom is -0.00613 e. The van der Waals surface area contributed by atoms with Crippen LogP contribution in [0.1, 0.15) is 12.0 Å². The van der Waals surface area contributed by atoms with E-state index in [2.05, 4.69) is 16.8 Å². The Morgan fingerprint density at radius 3 is 3.00 bits per heavy atom. The summed E-state index contributed by atoms with van der Waals surface area (Å²) in [6.07, 6.45) is 1.78. The van der Waals surface area contributed by atoms with Crippen molar-refractivity contribution in [3.05, 3.63) is 29.3 Å². The molecule has 1 aromatic rings. The van der Waals surface area contributed by atoms with Crippen molar-refractivity contribution in [2.24, 2.45) is 0 Å². The summed E-state index contributed by atoms with van der Waals surface area (Å²) >= 11 is 1.72. The molecule has 0 amide bonds. The van der Waals surface area contributed by atoms with Gasteiger partial charge in [0, 0.05) is 0 Å². The van der Waals surface area contributed by atoms with Crippen molar-refractivity contribution in [2.45, 2.75) is 12.8 Å². The third-order valence-corrected chi connectivity index (χ3v) is 1.75. The first-order chi connectivity index (χ1) is 3.93. The minimum absolute atomic E-state index is 0.761. The van der Waals surface area contributed by atoms with Crippen molar-refractivity contribution in [1.29, 1.82) is 0 Å². The molecule has 0 spiro atoms. The summed E-state index contributed by atoms with van der Waals surface area (Å²) in [5.74, 6) is 0. The molecule has 0 saturated heterocycles. The monoisotopic (exact) mass is 124 g/mol. The van der Waals surface area contributed by atoms with Crippen LogP contribution in [0, 0.1) is 6.92 Å². The fourth-order valence-electron chi connectivity index (χ4n) is 0.602. The van der Waals surface area contributed by atoms with Gasteiger partial charge in [0.2, 0.25) is 0 Å². The van der Waals surface area contributed by atoms with Crippen molar-refractivity contribution in [2.75, 3.05) is 0 Å². The lowest BCUT2D eigenvalue weighted by molar-refractivity contribution is 1.01. The lowest BCUT2D eigenvalue weighted by Gasteiger charge is -1.85. The van der Waals surface area contributed by atoms with Crippen LogP contribution in [-0.2, 0) is 6.42 Å². The molecule has 1 heterocycles. The van der Waals surface area contributed by atoms with E-state index in [1.165, 1.54) is 5.56 Å². The molecule has 0 aliphatic rings. The number of thiophene rings is 1. The second-order valence-electron chi connectivity index (χ2n) is 1.67. The Balaban J connectivity index is 2.50. The van der Waals surface area contributed by atoms with Crippen molar-refractivity contribution in [3.8, 4) is 0 Å². The Hall–Kier alpha value is -0.300. The number of rotatable bonds is 2. The van der Waals surface area contributed by atoms with E-state index in [9.17, 15) is 0 Å². The maximum atomic E-state index is 5.32. The van der Waals surface area contributed by atoms with Crippen LogP contribution in [0.25, 0.3) is 0 Å². The summed E-state index contributed by atoms with van der Waals surface area (Å²) in [6.45, 7) is 5.32. The highest BCUT2D eigenvalue weighted by atomic mass is 32.1. The lowest BCUT2D eigenvalue weighted by Crippen LogP contribution is -1.74. The SMILES string of the molecule is [CH]CCc1ccsc1. The van der Waals surface area contributed by atoms with Gasteiger partial charge in [0.1, 0.15) is 0 Å². The molecule has 0 aromatic carbocycles. The highest BCUT2D eigenvalue weighted by Crippen LogP contribution is 2.07. The molecule has 1 aromatic heterocycles. The lowest BCUT2D eigenvalue weighted by atomic mass is 10.2. The Morgan fingerprint density at radius 2 is 2.50 bits per heavy atom. The van der Waals surface area contributed by atoms with Crippen LogP contribution in [0.5, 0.6) is 0 Å². The highest BCUT2D eigenvalue weighted by Gasteiger charge is 1.86. The van der Waals surface area contributed by atoms with Crippen molar-refractivity contribution < 1.29 is 0 Å². The van der Waals surface area contributed by atoms with Gasteiger partial charge in [-0.2, -0.15) is 11.3 Å². The van der Waals surface area contributed by atoms with Gasteiger partial charge >= 0.3 is 0 Å². The van der Waals surface area contributed by atoms with Gasteiger partial charge in [-0.25, -0.2) is 0 Å². The predicted molar refractivity (Wildman–Crippen MR) is 36.9 cm³/mol. The van der Waals surface area contributed by atoms with Gasteiger partial charge in [-0.3, -0.25) is 0 Å². The molecule has 0 nitrogen and oxygen atoms in total. The van der Waals surface area contributed by atoms with Crippen LogP contribution < -0.4 is 0 Å². The van der Waals surface area contributed by atoms with Gasteiger partial charge in [0.15, 0.2) is 0 Å². The van der Waals surface area contributed by atoms with Gasteiger partial charge < -0.3 is 0 Å². The molecule has 1 heteroatoms. The van der Waals surface area contributed by atoms with E-state index in [0.29, 0.717) is 0 Å². The quantitative estimate of drug-likeness (QED) is 0.568. The van der Waals surface area contributed by atoms with Crippen LogP contribution in [0.2, 0.25) is 0 Å². The zero-order valence-electron chi connectivity index (χ0n) is 4.63. The number of hydrogen-bond donors (Lipinski definition) is 0. The fourth-order valence-corrected chi connectivity index (χ4v) is 1.30. The smallest absolute Gasteiger partial charge is 0.00613 e. The van der Waals surface area contributed by atoms with Crippen LogP contribution >= 0.6 is 11.3 Å². The Bertz CT molecular complexity index is 130. The van der Waals surface area contributed by atoms with Crippen LogP contribution in [-0.4, -0.2) is 0 Å². The van der Waals surface area contributed by atoms with Crippen molar-refractivity contribution in [3.63, 3.8) is 0 Å². The normalized spacial score (nSPS) is 9.62. The van der Waals surface area contributed by atoms with E-state index >= 15 is 0 Å². The van der Waals surface area contributed by atoms with Crippen molar-refractivity contribution in [1.82, 2.24) is 0 Å². The summed E-state index contributed by atoms with van der Waals surface area (Å²) in [7, 11) is 0. The van der Waals surface area contributed by atoms with E-state index in [-0.39, 0.29) is 0 Å². The predicted octanol–water partition coefficient (Wildman–Crippen LogP) is 2.39. The largest absolute Gasteiger partial charge is 0.152 e. The molecule has 42 valence electrons. The zero-order chi connectivity index (χ0) is 5.82. The minimum atomic E-state index is 0.761. The van der Waals surface area contributed by atoms with E-state index in [4.69, 9.17) is 6.92 Å². The summed E-state index contributed by atoms with van der Waals surface area (Å²) in [5, 5.41) is 4.21. The second kappa shape index (κ2) is 2.88. The molecule has 0 atom stereocenters. The molecule has 8 heavy (non-hydrogen) atoms. The highest BCUT2D eigenvalue weighted by molar-refractivity contribution is 7.07. The summed E-state index contributed by atoms with van der Waals surface area (Å²) in [4.78, 5) is 0. The summed E-state index contributed by atoms with van der Waals surface area (Å²) in [6, 6.07) is 2.11. The minimum Gasteiger partial charge on any atom is -0.152 e. The first-order valence-electron chi connectivity index (χ1n) is 2.64. The molecule has 0 saturated carbocycles. The first-order valence-corrected chi connectivity index (χ1v) is 3.59. The van der Waals surface area contributed by atoms with Gasteiger partial charge in [0.25, 0.3) is 0 Å². The zero-order valence-corrected chi connectivity index (χ0v) is 5.45. The van der Waals surface area contributed by atoms with Gasteiger partial charge in [-0.05, 0) is 42.2 Å². The second-order valence-corrected chi connectivity index (χ2v) is 2.45. The first kappa shape index (κ1) is 5.83. The molecule has 0 N–H and O–H groups in total. The topological polar surface area (TPSA) is 0 Å². The Kier molecular flexibility index (Phi) is 2.10. The van der Waals surface area contributed by atoms with Crippen molar-refractivity contribution >= 4 is 11.3 Å². The average molecular weight is 124 g/mol. The molecule has 0 bridgehead atoms. The van der Waals surface area contributed by atoms with Gasteiger partial charge in [-0.1, -0.05) is 0 Å². The molecular formula is C7H8S. The molecular weight excluding hydrogens is 116 g/mol. The molecule has 0 aliphatic heterocycles. The van der Waals surface area contributed by atoms with E-state index in [1.54, 1.807) is 11.3 Å². The van der Waals surface area contributed by atoms with E-state index in [0.717, 1.165) is 12.8 Å². The summed E-state index contributed by atoms with van der Waals surface area (Å²) < 4.78 is 0. The number of hydrogen-bond acceptors (Lipinski definition) is 1. The standard InChI is InChI=1S/C7H8S/c1-2-3-7-4-5-8-6-7/h1,4-6H,2-3H2. The molecule has 0 fully saturated rings. The van der Waals surface area contributed by atoms with Crippen LogP contribution in [0.4, 0.5) is 0 Å². The molecule has 0 aliphatic carbocycles. The maximum absolute atomic E-state index is 5.32. The fraction of sp³-hybridized carbons (Fsp3) is 0.286. The van der Waals surface area contributed by atoms with Gasteiger partial charge in [-0.15, -0.1) is 0 Å². The van der Waals surface area contributed by atoms with Gasteiger partial charge in [0.05, 0.1) is 0 Å². The molecule has 2 radical (unpaired) electrons. The van der Waals surface area contributed by atoms with E-state index < -0.39 is 0 Å². The van der Waals surface area contributed by atoms with E-state index in [1.807, 2.05) is 0 Å². The molecule has 1 rings (SSSR count). The van der Waals surface area contributed by atoms with Crippen LogP contribution in [0.15, 0.2) is 16.8 Å². The Labute approximate surface area is 54.2 Å². The third kappa shape index (κ3) is 1.34. The van der Waals surface area contributed by atoms with Crippen LogP contribution in [0.3, 0.4) is 0 Å². The average Bonchev–Trinajstić information content (AvgIpc) is 2.19.